The lowest BCUT2D eigenvalue weighted by molar-refractivity contribution is -0.137. The van der Waals surface area contributed by atoms with Crippen molar-refractivity contribution < 1.29 is 18.0 Å². The summed E-state index contributed by atoms with van der Waals surface area (Å²) < 4.78 is 37.2. The fourth-order valence-electron chi connectivity index (χ4n) is 2.10. The molecule has 98 valence electrons. The van der Waals surface area contributed by atoms with Crippen LogP contribution in [0.4, 0.5) is 13.2 Å². The van der Waals surface area contributed by atoms with Crippen LogP contribution in [0.15, 0.2) is 24.3 Å². The first-order chi connectivity index (χ1) is 8.33. The summed E-state index contributed by atoms with van der Waals surface area (Å²) in [6.07, 6.45) is -2.74. The van der Waals surface area contributed by atoms with Crippen LogP contribution in [-0.4, -0.2) is 16.3 Å². The Kier molecular flexibility index (Phi) is 3.45. The van der Waals surface area contributed by atoms with Crippen molar-refractivity contribution in [3.63, 3.8) is 0 Å². The maximum absolute atomic E-state index is 12.6. The van der Waals surface area contributed by atoms with Gasteiger partial charge in [-0.1, -0.05) is 12.1 Å². The van der Waals surface area contributed by atoms with Crippen molar-refractivity contribution in [1.82, 2.24) is 0 Å². The van der Waals surface area contributed by atoms with Crippen molar-refractivity contribution in [2.24, 2.45) is 0 Å². The number of thioether (sulfide) groups is 1. The third-order valence-corrected chi connectivity index (χ3v) is 4.67. The minimum Gasteiger partial charge on any atom is -0.293 e. The second kappa shape index (κ2) is 4.61. The minimum atomic E-state index is -4.40. The summed E-state index contributed by atoms with van der Waals surface area (Å²) in [4.78, 5) is 12.3. The summed E-state index contributed by atoms with van der Waals surface area (Å²) in [6.45, 7) is 1.81. The van der Waals surface area contributed by atoms with E-state index in [0.717, 1.165) is 30.7 Å². The van der Waals surface area contributed by atoms with Gasteiger partial charge >= 0.3 is 6.18 Å². The highest BCUT2D eigenvalue weighted by Crippen LogP contribution is 2.40. The topological polar surface area (TPSA) is 17.1 Å². The van der Waals surface area contributed by atoms with Gasteiger partial charge in [0.05, 0.1) is 10.3 Å². The average Bonchev–Trinajstić information content (AvgIpc) is 2.75. The molecule has 1 unspecified atom stereocenters. The third kappa shape index (κ3) is 2.55. The first kappa shape index (κ1) is 13.5. The van der Waals surface area contributed by atoms with Gasteiger partial charge in [-0.3, -0.25) is 4.79 Å². The number of rotatable bonds is 2. The molecule has 5 heteroatoms. The van der Waals surface area contributed by atoms with E-state index in [2.05, 4.69) is 0 Å². The number of hydrogen-bond donors (Lipinski definition) is 0. The molecule has 0 aromatic heterocycles. The van der Waals surface area contributed by atoms with Crippen LogP contribution in [0.5, 0.6) is 0 Å². The number of alkyl halides is 3. The first-order valence-electron chi connectivity index (χ1n) is 5.69. The molecule has 0 aliphatic carbocycles. The van der Waals surface area contributed by atoms with Crippen LogP contribution in [0.1, 0.15) is 35.7 Å². The van der Waals surface area contributed by atoms with E-state index in [1.807, 2.05) is 6.92 Å². The van der Waals surface area contributed by atoms with Gasteiger partial charge in [0.2, 0.25) is 0 Å². The number of halogens is 3. The normalized spacial score (nSPS) is 24.2. The van der Waals surface area contributed by atoms with Crippen molar-refractivity contribution in [3.05, 3.63) is 35.4 Å². The molecule has 1 aromatic carbocycles. The number of benzene rings is 1. The van der Waals surface area contributed by atoms with E-state index >= 15 is 0 Å². The lowest BCUT2D eigenvalue weighted by atomic mass is 9.93. The van der Waals surface area contributed by atoms with Crippen LogP contribution in [-0.2, 0) is 6.18 Å². The summed E-state index contributed by atoms with van der Waals surface area (Å²) in [5.41, 5.74) is -0.610. The van der Waals surface area contributed by atoms with E-state index in [0.29, 0.717) is 0 Å². The van der Waals surface area contributed by atoms with Crippen LogP contribution >= 0.6 is 11.8 Å². The average molecular weight is 274 g/mol. The molecule has 1 fully saturated rings. The predicted molar refractivity (Wildman–Crippen MR) is 65.9 cm³/mol. The highest BCUT2D eigenvalue weighted by atomic mass is 32.2. The zero-order chi connectivity index (χ0) is 13.4. The van der Waals surface area contributed by atoms with Crippen molar-refractivity contribution in [2.45, 2.75) is 30.7 Å². The Balaban J connectivity index is 2.31. The molecule has 0 amide bonds. The Labute approximate surface area is 108 Å². The highest BCUT2D eigenvalue weighted by Gasteiger charge is 2.38. The molecule has 2 rings (SSSR count). The summed E-state index contributed by atoms with van der Waals surface area (Å²) in [7, 11) is 0. The highest BCUT2D eigenvalue weighted by molar-refractivity contribution is 8.01. The standard InChI is InChI=1S/C13H13F3OS/c1-12(6-3-7-18-12)11(17)9-4-2-5-10(8-9)13(14,15)16/h2,4-5,8H,3,6-7H2,1H3. The lowest BCUT2D eigenvalue weighted by Gasteiger charge is -2.21. The van der Waals surface area contributed by atoms with Gasteiger partial charge in [-0.25, -0.2) is 0 Å². The molecule has 0 bridgehead atoms. The number of carbonyl (C=O) groups excluding carboxylic acids is 1. The van der Waals surface area contributed by atoms with Gasteiger partial charge < -0.3 is 0 Å². The SMILES string of the molecule is CC1(C(=O)c2cccc(C(F)(F)F)c2)CCCS1. The van der Waals surface area contributed by atoms with E-state index in [-0.39, 0.29) is 11.3 Å². The molecule has 0 radical (unpaired) electrons. The summed E-state index contributed by atoms with van der Waals surface area (Å²) in [6, 6.07) is 4.69. The van der Waals surface area contributed by atoms with Gasteiger partial charge in [-0.15, -0.1) is 11.8 Å². The second-order valence-electron chi connectivity index (χ2n) is 4.59. The Bertz CT molecular complexity index is 462. The van der Waals surface area contributed by atoms with Gasteiger partial charge in [0, 0.05) is 5.56 Å². The number of carbonyl (C=O) groups is 1. The van der Waals surface area contributed by atoms with Gasteiger partial charge in [0.25, 0.3) is 0 Å². The Morgan fingerprint density at radius 3 is 2.67 bits per heavy atom. The molecule has 1 atom stereocenters. The Hall–Kier alpha value is -0.970. The molecular formula is C13H13F3OS. The molecule has 1 heterocycles. The molecule has 0 N–H and O–H groups in total. The van der Waals surface area contributed by atoms with Crippen LogP contribution < -0.4 is 0 Å². The lowest BCUT2D eigenvalue weighted by Crippen LogP contribution is -2.28. The van der Waals surface area contributed by atoms with Gasteiger partial charge in [-0.2, -0.15) is 13.2 Å². The molecule has 0 spiro atoms. The summed E-state index contributed by atoms with van der Waals surface area (Å²) in [5, 5.41) is 0. The van der Waals surface area contributed by atoms with E-state index in [1.54, 1.807) is 0 Å². The summed E-state index contributed by atoms with van der Waals surface area (Å²) in [5.74, 6) is 0.692. The van der Waals surface area contributed by atoms with Crippen LogP contribution in [0.25, 0.3) is 0 Å². The molecular weight excluding hydrogens is 261 g/mol. The molecule has 0 saturated carbocycles. The van der Waals surface area contributed by atoms with Crippen LogP contribution in [0.3, 0.4) is 0 Å². The maximum Gasteiger partial charge on any atom is 0.416 e. The zero-order valence-corrected chi connectivity index (χ0v) is 10.7. The smallest absolute Gasteiger partial charge is 0.293 e. The quantitative estimate of drug-likeness (QED) is 0.753. The van der Waals surface area contributed by atoms with Gasteiger partial charge in [0.15, 0.2) is 5.78 Å². The van der Waals surface area contributed by atoms with E-state index in [9.17, 15) is 18.0 Å². The largest absolute Gasteiger partial charge is 0.416 e. The van der Waals surface area contributed by atoms with Crippen molar-refractivity contribution in [1.29, 1.82) is 0 Å². The molecule has 18 heavy (non-hydrogen) atoms. The second-order valence-corrected chi connectivity index (χ2v) is 6.19. The monoisotopic (exact) mass is 274 g/mol. The van der Waals surface area contributed by atoms with E-state index in [1.165, 1.54) is 23.9 Å². The molecule has 1 saturated heterocycles. The predicted octanol–water partition coefficient (Wildman–Crippen LogP) is 4.17. The minimum absolute atomic E-state index is 0.154. The third-order valence-electron chi connectivity index (χ3n) is 3.15. The summed E-state index contributed by atoms with van der Waals surface area (Å²) >= 11 is 1.53. The first-order valence-corrected chi connectivity index (χ1v) is 6.67. The zero-order valence-electron chi connectivity index (χ0n) is 9.88. The number of hydrogen-bond acceptors (Lipinski definition) is 2. The van der Waals surface area contributed by atoms with Gasteiger partial charge in [0.1, 0.15) is 0 Å². The van der Waals surface area contributed by atoms with Crippen LogP contribution in [0, 0.1) is 0 Å². The number of ketones is 1. The molecule has 1 aliphatic rings. The molecule has 1 aliphatic heterocycles. The molecule has 1 nitrogen and oxygen atoms in total. The van der Waals surface area contributed by atoms with Gasteiger partial charge in [-0.05, 0) is 37.7 Å². The van der Waals surface area contributed by atoms with E-state index < -0.39 is 16.5 Å². The maximum atomic E-state index is 12.6. The van der Waals surface area contributed by atoms with Crippen molar-refractivity contribution in [2.75, 3.05) is 5.75 Å². The van der Waals surface area contributed by atoms with Crippen molar-refractivity contribution >= 4 is 17.5 Å². The Morgan fingerprint density at radius 2 is 2.11 bits per heavy atom. The fraction of sp³-hybridized carbons (Fsp3) is 0.462. The fourth-order valence-corrected chi connectivity index (χ4v) is 3.38. The molecule has 1 aromatic rings. The van der Waals surface area contributed by atoms with Crippen molar-refractivity contribution in [3.8, 4) is 0 Å². The Morgan fingerprint density at radius 1 is 1.39 bits per heavy atom. The van der Waals surface area contributed by atoms with Crippen LogP contribution in [0.2, 0.25) is 0 Å². The number of Topliss-reactive ketones (excluding diaryl/α,β-unsaturated/α-hetero) is 1. The van der Waals surface area contributed by atoms with E-state index in [4.69, 9.17) is 0 Å².